The average Bonchev–Trinajstić information content (AvgIpc) is 0. The summed E-state index contributed by atoms with van der Waals surface area (Å²) in [6, 6.07) is 0. The SMILES string of the molecule is O.O.[H-].[H-].[Na+].[Na+]. The summed E-state index contributed by atoms with van der Waals surface area (Å²) in [4.78, 5) is 0. The third-order valence-corrected chi connectivity index (χ3v) is 0. The molecule has 0 amide bonds. The molecule has 0 spiro atoms. The Morgan fingerprint density at radius 2 is 0.750 bits per heavy atom. The fourth-order valence-electron chi connectivity index (χ4n) is 0. The van der Waals surface area contributed by atoms with Crippen LogP contribution in [-0.2, 0) is 0 Å². The summed E-state index contributed by atoms with van der Waals surface area (Å²) in [5, 5.41) is 0. The quantitative estimate of drug-likeness (QED) is 0.262. The van der Waals surface area contributed by atoms with Crippen LogP contribution in [0.15, 0.2) is 0 Å². The van der Waals surface area contributed by atoms with Gasteiger partial charge in [-0.15, -0.1) is 0 Å². The van der Waals surface area contributed by atoms with Gasteiger partial charge in [0.25, 0.3) is 0 Å². The largest absolute Gasteiger partial charge is 1.00 e. The molecular weight excluding hydrogens is 78.0 g/mol. The monoisotopic (exact) mass is 84.0 g/mol. The Morgan fingerprint density at radius 1 is 0.750 bits per heavy atom. The van der Waals surface area contributed by atoms with E-state index in [1.54, 1.807) is 0 Å². The second kappa shape index (κ2) is 20.5. The zero-order valence-electron chi connectivity index (χ0n) is 5.00. The van der Waals surface area contributed by atoms with Crippen LogP contribution in [0.25, 0.3) is 0 Å². The molecule has 0 fully saturated rings. The van der Waals surface area contributed by atoms with E-state index in [9.17, 15) is 0 Å². The van der Waals surface area contributed by atoms with Gasteiger partial charge < -0.3 is 13.8 Å². The van der Waals surface area contributed by atoms with Crippen LogP contribution in [0.2, 0.25) is 0 Å². The van der Waals surface area contributed by atoms with E-state index in [2.05, 4.69) is 0 Å². The minimum atomic E-state index is 0. The molecule has 4 heteroatoms. The maximum Gasteiger partial charge on any atom is 1.00 e. The van der Waals surface area contributed by atoms with Crippen LogP contribution in [0.5, 0.6) is 0 Å². The Kier molecular flexibility index (Phi) is 199. The summed E-state index contributed by atoms with van der Waals surface area (Å²) in [7, 11) is 0. The first kappa shape index (κ1) is 38.9. The van der Waals surface area contributed by atoms with Crippen LogP contribution in [0.3, 0.4) is 0 Å². The van der Waals surface area contributed by atoms with Gasteiger partial charge in [-0.1, -0.05) is 0 Å². The molecule has 0 unspecified atom stereocenters. The molecule has 20 valence electrons. The van der Waals surface area contributed by atoms with Crippen LogP contribution >= 0.6 is 0 Å². The van der Waals surface area contributed by atoms with E-state index in [1.807, 2.05) is 0 Å². The van der Waals surface area contributed by atoms with E-state index < -0.39 is 0 Å². The van der Waals surface area contributed by atoms with Crippen LogP contribution < -0.4 is 59.1 Å². The zero-order chi connectivity index (χ0) is 0. The Balaban J connectivity index is 0. The Morgan fingerprint density at radius 3 is 0.750 bits per heavy atom. The van der Waals surface area contributed by atoms with Gasteiger partial charge in [0.05, 0.1) is 0 Å². The molecule has 0 bridgehead atoms. The van der Waals surface area contributed by atoms with Gasteiger partial charge in [-0.3, -0.25) is 0 Å². The zero-order valence-corrected chi connectivity index (χ0v) is 7.00. The molecule has 4 N–H and O–H groups in total. The van der Waals surface area contributed by atoms with Crippen molar-refractivity contribution in [1.82, 2.24) is 0 Å². The molecule has 0 rings (SSSR count). The van der Waals surface area contributed by atoms with Crippen molar-refractivity contribution in [2.45, 2.75) is 0 Å². The van der Waals surface area contributed by atoms with Crippen LogP contribution in [0.4, 0.5) is 0 Å². The molecule has 0 saturated carbocycles. The molecule has 0 aromatic rings. The van der Waals surface area contributed by atoms with Crippen molar-refractivity contribution in [2.75, 3.05) is 0 Å². The standard InChI is InChI=1S/2Na.2H2O.2H/h;;2*1H2;;/q2*+1;;;2*-1. The molecule has 0 heterocycles. The minimum Gasteiger partial charge on any atom is -1.00 e. The van der Waals surface area contributed by atoms with Gasteiger partial charge in [-0.05, 0) is 0 Å². The second-order valence-electron chi connectivity index (χ2n) is 0. The van der Waals surface area contributed by atoms with Crippen LogP contribution in [0, 0.1) is 0 Å². The topological polar surface area (TPSA) is 63.0 Å². The van der Waals surface area contributed by atoms with Gasteiger partial charge in [-0.2, -0.15) is 0 Å². The van der Waals surface area contributed by atoms with Gasteiger partial charge in [0.1, 0.15) is 0 Å². The van der Waals surface area contributed by atoms with Crippen molar-refractivity contribution in [1.29, 1.82) is 0 Å². The van der Waals surface area contributed by atoms with Crippen molar-refractivity contribution in [3.63, 3.8) is 0 Å². The van der Waals surface area contributed by atoms with Gasteiger partial charge in [-0.25, -0.2) is 0 Å². The summed E-state index contributed by atoms with van der Waals surface area (Å²) >= 11 is 0. The molecule has 0 aromatic heterocycles. The molecule has 0 aliphatic carbocycles. The van der Waals surface area contributed by atoms with Crippen molar-refractivity contribution in [2.24, 2.45) is 0 Å². The summed E-state index contributed by atoms with van der Waals surface area (Å²) in [5.41, 5.74) is 0. The number of hydrogen-bond donors (Lipinski definition) is 0. The Hall–Kier alpha value is 1.92. The third kappa shape index (κ3) is 9.07. The van der Waals surface area contributed by atoms with E-state index in [1.165, 1.54) is 0 Å². The molecular formula is H6Na2O2. The smallest absolute Gasteiger partial charge is 1.00 e. The molecule has 0 aliphatic rings. The van der Waals surface area contributed by atoms with E-state index in [4.69, 9.17) is 0 Å². The van der Waals surface area contributed by atoms with E-state index in [0.717, 1.165) is 0 Å². The number of hydrogen-bond acceptors (Lipinski definition) is 0. The first-order valence-corrected chi connectivity index (χ1v) is 0. The maximum absolute atomic E-state index is 0. The summed E-state index contributed by atoms with van der Waals surface area (Å²) in [5.74, 6) is 0. The predicted octanol–water partition coefficient (Wildman–Crippen LogP) is -7.42. The molecule has 0 aliphatic heterocycles. The second-order valence-corrected chi connectivity index (χ2v) is 0. The Bertz CT molecular complexity index is 9.51. The maximum atomic E-state index is 0. The van der Waals surface area contributed by atoms with E-state index >= 15 is 0 Å². The summed E-state index contributed by atoms with van der Waals surface area (Å²) in [6.45, 7) is 0. The molecule has 2 nitrogen and oxygen atoms in total. The normalized spacial score (nSPS) is 0. The van der Waals surface area contributed by atoms with Gasteiger partial charge in [0.15, 0.2) is 0 Å². The first-order valence-electron chi connectivity index (χ1n) is 0. The van der Waals surface area contributed by atoms with Crippen molar-refractivity contribution < 1.29 is 72.9 Å². The Labute approximate surface area is 72.1 Å². The summed E-state index contributed by atoms with van der Waals surface area (Å²) < 4.78 is 0. The van der Waals surface area contributed by atoms with Crippen molar-refractivity contribution >= 4 is 0 Å². The molecule has 0 saturated heterocycles. The first-order chi connectivity index (χ1) is 0. The van der Waals surface area contributed by atoms with Gasteiger partial charge >= 0.3 is 59.1 Å². The van der Waals surface area contributed by atoms with Gasteiger partial charge in [0, 0.05) is 0 Å². The predicted molar refractivity (Wildman–Crippen MR) is 9.45 cm³/mol. The molecule has 0 aromatic carbocycles. The fraction of sp³-hybridized carbons (Fsp3) is 0. The van der Waals surface area contributed by atoms with Crippen LogP contribution in [0.1, 0.15) is 2.85 Å². The van der Waals surface area contributed by atoms with E-state index in [-0.39, 0.29) is 72.9 Å². The molecule has 0 atom stereocenters. The minimum absolute atomic E-state index is 0. The fourth-order valence-corrected chi connectivity index (χ4v) is 0. The molecule has 4 heavy (non-hydrogen) atoms. The summed E-state index contributed by atoms with van der Waals surface area (Å²) in [6.07, 6.45) is 0. The van der Waals surface area contributed by atoms with Gasteiger partial charge in [0.2, 0.25) is 0 Å². The van der Waals surface area contributed by atoms with Crippen molar-refractivity contribution in [3.05, 3.63) is 0 Å². The third-order valence-electron chi connectivity index (χ3n) is 0. The van der Waals surface area contributed by atoms with E-state index in [0.29, 0.717) is 0 Å². The average molecular weight is 84.0 g/mol. The number of rotatable bonds is 0. The molecule has 0 radical (unpaired) electrons. The van der Waals surface area contributed by atoms with Crippen LogP contribution in [-0.4, -0.2) is 11.0 Å². The van der Waals surface area contributed by atoms with Crippen molar-refractivity contribution in [3.8, 4) is 0 Å².